The Kier molecular flexibility index (Phi) is 5.70. The van der Waals surface area contributed by atoms with Crippen molar-refractivity contribution in [2.45, 2.75) is 39.0 Å². The fourth-order valence-corrected chi connectivity index (χ4v) is 4.45. The van der Waals surface area contributed by atoms with Gasteiger partial charge in [0.1, 0.15) is 0 Å². The van der Waals surface area contributed by atoms with Crippen LogP contribution in [0.1, 0.15) is 39.0 Å². The first-order chi connectivity index (χ1) is 9.19. The van der Waals surface area contributed by atoms with Crippen LogP contribution in [-0.4, -0.2) is 17.9 Å². The summed E-state index contributed by atoms with van der Waals surface area (Å²) in [5, 5.41) is 0.954. The molecule has 4 heteroatoms. The quantitative estimate of drug-likeness (QED) is 0.511. The molecule has 0 radical (unpaired) electrons. The van der Waals surface area contributed by atoms with E-state index in [1.54, 1.807) is 0 Å². The fourth-order valence-electron chi connectivity index (χ4n) is 3.17. The van der Waals surface area contributed by atoms with E-state index in [2.05, 4.69) is 37.9 Å². The summed E-state index contributed by atoms with van der Waals surface area (Å²) in [6, 6.07) is 0. The van der Waals surface area contributed by atoms with Crippen molar-refractivity contribution in [3.05, 3.63) is 21.7 Å². The van der Waals surface area contributed by atoms with Gasteiger partial charge in [-0.2, -0.15) is 0 Å². The topological polar surface area (TPSA) is 26.3 Å². The summed E-state index contributed by atoms with van der Waals surface area (Å²) in [5.41, 5.74) is 2.15. The van der Waals surface area contributed by atoms with E-state index in [9.17, 15) is 4.79 Å². The first kappa shape index (κ1) is 15.3. The number of allylic oxidation sites excluding steroid dienone is 2. The van der Waals surface area contributed by atoms with E-state index in [1.807, 2.05) is 6.92 Å². The molecule has 19 heavy (non-hydrogen) atoms. The lowest BCUT2D eigenvalue weighted by atomic mass is 9.71. The molecule has 0 aliphatic heterocycles. The number of hydrogen-bond acceptors (Lipinski definition) is 2. The van der Waals surface area contributed by atoms with Crippen molar-refractivity contribution in [3.63, 3.8) is 0 Å². The van der Waals surface area contributed by atoms with E-state index in [-0.39, 0.29) is 5.97 Å². The molecule has 106 valence electrons. The van der Waals surface area contributed by atoms with Crippen LogP contribution in [0.5, 0.6) is 0 Å². The lowest BCUT2D eigenvalue weighted by Crippen LogP contribution is -2.27. The van der Waals surface area contributed by atoms with Crippen LogP contribution in [-0.2, 0) is 9.53 Å². The molecular weight excluding hydrogens is 372 g/mol. The molecule has 0 aromatic carbocycles. The second-order valence-electron chi connectivity index (χ2n) is 5.14. The number of halogens is 2. The van der Waals surface area contributed by atoms with Gasteiger partial charge in [-0.15, -0.1) is 0 Å². The van der Waals surface area contributed by atoms with Crippen LogP contribution >= 0.6 is 31.9 Å². The van der Waals surface area contributed by atoms with Crippen LogP contribution in [0.25, 0.3) is 0 Å². The van der Waals surface area contributed by atoms with Crippen LogP contribution in [0, 0.1) is 11.8 Å². The molecule has 0 aromatic heterocycles. The van der Waals surface area contributed by atoms with Crippen molar-refractivity contribution in [3.8, 4) is 0 Å². The van der Waals surface area contributed by atoms with E-state index in [4.69, 9.17) is 4.74 Å². The number of hydrogen-bond donors (Lipinski definition) is 0. The molecule has 2 aliphatic carbocycles. The summed E-state index contributed by atoms with van der Waals surface area (Å²) < 4.78 is 6.24. The predicted molar refractivity (Wildman–Crippen MR) is 84.5 cm³/mol. The van der Waals surface area contributed by atoms with Crippen molar-refractivity contribution in [1.29, 1.82) is 0 Å². The maximum Gasteiger partial charge on any atom is 0.338 e. The van der Waals surface area contributed by atoms with Gasteiger partial charge in [-0.1, -0.05) is 50.3 Å². The summed E-state index contributed by atoms with van der Waals surface area (Å²) in [5.74, 6) is 0.900. The summed E-state index contributed by atoms with van der Waals surface area (Å²) in [6.45, 7) is 2.28. The summed E-state index contributed by atoms with van der Waals surface area (Å²) in [7, 11) is 0. The summed E-state index contributed by atoms with van der Waals surface area (Å²) in [4.78, 5) is 12.1. The highest BCUT2D eigenvalue weighted by Crippen LogP contribution is 2.47. The number of fused-ring (bicyclic) bond motifs is 1. The predicted octanol–water partition coefficient (Wildman–Crippen LogP) is 4.73. The molecule has 0 amide bonds. The zero-order valence-corrected chi connectivity index (χ0v) is 14.4. The Bertz CT molecular complexity index is 412. The van der Waals surface area contributed by atoms with Gasteiger partial charge >= 0.3 is 5.97 Å². The molecule has 0 unspecified atom stereocenters. The highest BCUT2D eigenvalue weighted by atomic mass is 79.9. The van der Waals surface area contributed by atoms with Gasteiger partial charge in [0.15, 0.2) is 0 Å². The van der Waals surface area contributed by atoms with Gasteiger partial charge in [0.2, 0.25) is 0 Å². The minimum absolute atomic E-state index is 0.189. The van der Waals surface area contributed by atoms with Crippen molar-refractivity contribution in [1.82, 2.24) is 0 Å². The number of ether oxygens (including phenoxy) is 1. The Balaban J connectivity index is 2.31. The number of rotatable bonds is 4. The maximum absolute atomic E-state index is 12.1. The van der Waals surface area contributed by atoms with Gasteiger partial charge in [0.25, 0.3) is 0 Å². The SMILES string of the molecule is CCOC(=O)C1=C(Br)[C@H]2CCCC[C@H]2C(CCBr)=C1. The van der Waals surface area contributed by atoms with Crippen LogP contribution in [0.2, 0.25) is 0 Å². The Labute approximate surface area is 131 Å². The second kappa shape index (κ2) is 7.07. The Morgan fingerprint density at radius 1 is 1.37 bits per heavy atom. The van der Waals surface area contributed by atoms with Crippen molar-refractivity contribution in [2.75, 3.05) is 11.9 Å². The van der Waals surface area contributed by atoms with E-state index in [0.29, 0.717) is 18.4 Å². The first-order valence-electron chi connectivity index (χ1n) is 7.02. The molecule has 2 nitrogen and oxygen atoms in total. The van der Waals surface area contributed by atoms with Crippen LogP contribution in [0.3, 0.4) is 0 Å². The molecule has 0 aromatic rings. The average Bonchev–Trinajstić information content (AvgIpc) is 2.42. The summed E-state index contributed by atoms with van der Waals surface area (Å²) in [6.07, 6.45) is 8.06. The largest absolute Gasteiger partial charge is 0.462 e. The van der Waals surface area contributed by atoms with Gasteiger partial charge in [0, 0.05) is 9.81 Å². The number of esters is 1. The highest BCUT2D eigenvalue weighted by Gasteiger charge is 2.35. The van der Waals surface area contributed by atoms with Gasteiger partial charge in [-0.25, -0.2) is 4.79 Å². The van der Waals surface area contributed by atoms with E-state index in [1.165, 1.54) is 31.3 Å². The van der Waals surface area contributed by atoms with Crippen LogP contribution in [0.4, 0.5) is 0 Å². The molecule has 0 bridgehead atoms. The standard InChI is InChI=1S/C15H20Br2O2/c1-2-19-15(18)13-9-10(7-8-16)11-5-3-4-6-12(11)14(13)17/h9,11-12H,2-8H2,1H3/t11-,12-/m0/s1. The van der Waals surface area contributed by atoms with Gasteiger partial charge < -0.3 is 4.74 Å². The van der Waals surface area contributed by atoms with E-state index in [0.717, 1.165) is 21.8 Å². The number of carbonyl (C=O) groups excluding carboxylic acids is 1. The minimum atomic E-state index is -0.189. The molecule has 0 saturated heterocycles. The molecule has 1 fully saturated rings. The Morgan fingerprint density at radius 3 is 2.68 bits per heavy atom. The molecule has 0 N–H and O–H groups in total. The monoisotopic (exact) mass is 390 g/mol. The average molecular weight is 392 g/mol. The van der Waals surface area contributed by atoms with Crippen LogP contribution < -0.4 is 0 Å². The maximum atomic E-state index is 12.1. The molecule has 1 saturated carbocycles. The fraction of sp³-hybridized carbons (Fsp3) is 0.667. The van der Waals surface area contributed by atoms with Gasteiger partial charge in [-0.05, 0) is 44.1 Å². The second-order valence-corrected chi connectivity index (χ2v) is 6.79. The Hall–Kier alpha value is -0.0900. The van der Waals surface area contributed by atoms with Gasteiger partial charge in [-0.3, -0.25) is 0 Å². The van der Waals surface area contributed by atoms with E-state index >= 15 is 0 Å². The van der Waals surface area contributed by atoms with Crippen molar-refractivity contribution in [2.24, 2.45) is 11.8 Å². The molecule has 2 aliphatic rings. The molecule has 0 heterocycles. The van der Waals surface area contributed by atoms with Crippen LogP contribution in [0.15, 0.2) is 21.7 Å². The smallest absolute Gasteiger partial charge is 0.338 e. The third-order valence-corrected chi connectivity index (χ3v) is 5.45. The third-order valence-electron chi connectivity index (χ3n) is 4.03. The number of alkyl halides is 1. The van der Waals surface area contributed by atoms with Crippen molar-refractivity contribution < 1.29 is 9.53 Å². The van der Waals surface area contributed by atoms with E-state index < -0.39 is 0 Å². The molecule has 2 rings (SSSR count). The lowest BCUT2D eigenvalue weighted by Gasteiger charge is -2.37. The molecular formula is C15H20Br2O2. The minimum Gasteiger partial charge on any atom is -0.462 e. The lowest BCUT2D eigenvalue weighted by molar-refractivity contribution is -0.138. The zero-order valence-electron chi connectivity index (χ0n) is 11.3. The van der Waals surface area contributed by atoms with Gasteiger partial charge in [0.05, 0.1) is 12.2 Å². The third kappa shape index (κ3) is 3.33. The van der Waals surface area contributed by atoms with Crippen molar-refractivity contribution >= 4 is 37.8 Å². The highest BCUT2D eigenvalue weighted by molar-refractivity contribution is 9.11. The first-order valence-corrected chi connectivity index (χ1v) is 8.93. The Morgan fingerprint density at radius 2 is 2.05 bits per heavy atom. The summed E-state index contributed by atoms with van der Waals surface area (Å²) >= 11 is 7.19. The number of carbonyl (C=O) groups is 1. The normalized spacial score (nSPS) is 26.8. The molecule has 0 spiro atoms. The zero-order chi connectivity index (χ0) is 13.8. The molecule has 2 atom stereocenters.